The molecule has 1 aliphatic heterocycles. The van der Waals surface area contributed by atoms with Crippen LogP contribution in [0.1, 0.15) is 51.6 Å². The molecular weight excluding hydrogens is 406 g/mol. The van der Waals surface area contributed by atoms with Crippen molar-refractivity contribution in [3.8, 4) is 0 Å². The number of aromatic nitrogens is 1. The maximum atomic E-state index is 13.3. The fraction of sp³-hybridized carbons (Fsp3) is 0.476. The van der Waals surface area contributed by atoms with E-state index < -0.39 is 17.7 Å². The average molecular weight is 434 g/mol. The second-order valence-electron chi connectivity index (χ2n) is 7.04. The van der Waals surface area contributed by atoms with Gasteiger partial charge in [-0.2, -0.15) is 0 Å². The summed E-state index contributed by atoms with van der Waals surface area (Å²) in [5, 5.41) is 13.4. The highest BCUT2D eigenvalue weighted by molar-refractivity contribution is 7.14. The van der Waals surface area contributed by atoms with Crippen LogP contribution in [0.5, 0.6) is 0 Å². The molecular formula is C21H27N3O3S2. The lowest BCUT2D eigenvalue weighted by molar-refractivity contribution is -0.129. The summed E-state index contributed by atoms with van der Waals surface area (Å²) in [5.41, 5.74) is 0.808. The van der Waals surface area contributed by atoms with Crippen molar-refractivity contribution in [2.45, 2.75) is 40.2 Å². The van der Waals surface area contributed by atoms with Gasteiger partial charge in [0.05, 0.1) is 27.2 Å². The summed E-state index contributed by atoms with van der Waals surface area (Å²) in [7, 11) is 0. The van der Waals surface area contributed by atoms with Crippen LogP contribution in [0.4, 0.5) is 0 Å². The summed E-state index contributed by atoms with van der Waals surface area (Å²) < 4.78 is 0. The Morgan fingerprint density at radius 3 is 2.59 bits per heavy atom. The number of hydrogen-bond acceptors (Lipinski definition) is 7. The van der Waals surface area contributed by atoms with Gasteiger partial charge in [-0.3, -0.25) is 9.59 Å². The number of amides is 1. The number of aryl methyl sites for hydroxylation is 2. The van der Waals surface area contributed by atoms with E-state index in [4.69, 9.17) is 0 Å². The predicted octanol–water partition coefficient (Wildman–Crippen LogP) is 4.13. The van der Waals surface area contributed by atoms with Crippen molar-refractivity contribution in [3.63, 3.8) is 0 Å². The molecule has 1 atom stereocenters. The van der Waals surface area contributed by atoms with E-state index in [9.17, 15) is 14.7 Å². The molecule has 0 fully saturated rings. The maximum absolute atomic E-state index is 13.3. The van der Waals surface area contributed by atoms with Gasteiger partial charge in [0.1, 0.15) is 0 Å². The molecule has 0 spiro atoms. The number of ketones is 1. The first-order valence-electron chi connectivity index (χ1n) is 9.87. The molecule has 1 unspecified atom stereocenters. The van der Waals surface area contributed by atoms with E-state index in [1.807, 2.05) is 24.4 Å². The first kappa shape index (κ1) is 21.7. The van der Waals surface area contributed by atoms with Crippen LogP contribution in [-0.2, 0) is 4.79 Å². The van der Waals surface area contributed by atoms with Crippen LogP contribution in [0.25, 0.3) is 0 Å². The third-order valence-electron chi connectivity index (χ3n) is 5.24. The molecule has 2 aromatic rings. The van der Waals surface area contributed by atoms with Crippen molar-refractivity contribution in [2.75, 3.05) is 26.2 Å². The van der Waals surface area contributed by atoms with Crippen LogP contribution in [0.3, 0.4) is 0 Å². The minimum Gasteiger partial charge on any atom is -0.503 e. The van der Waals surface area contributed by atoms with Gasteiger partial charge in [0.2, 0.25) is 5.78 Å². The highest BCUT2D eigenvalue weighted by atomic mass is 32.1. The molecule has 0 aliphatic carbocycles. The number of rotatable bonds is 9. The molecule has 1 N–H and O–H groups in total. The van der Waals surface area contributed by atoms with Gasteiger partial charge in [0.15, 0.2) is 5.76 Å². The molecule has 0 saturated heterocycles. The first-order chi connectivity index (χ1) is 13.9. The zero-order valence-electron chi connectivity index (χ0n) is 17.3. The zero-order chi connectivity index (χ0) is 21.1. The van der Waals surface area contributed by atoms with E-state index in [0.717, 1.165) is 35.9 Å². The second-order valence-corrected chi connectivity index (χ2v) is 9.22. The Morgan fingerprint density at radius 1 is 1.31 bits per heavy atom. The van der Waals surface area contributed by atoms with Crippen LogP contribution in [-0.4, -0.2) is 57.8 Å². The second kappa shape index (κ2) is 9.19. The van der Waals surface area contributed by atoms with Gasteiger partial charge in [-0.05, 0) is 51.3 Å². The molecule has 2 aromatic heterocycles. The highest BCUT2D eigenvalue weighted by Gasteiger charge is 2.44. The Labute approximate surface area is 179 Å². The number of nitrogens with zero attached hydrogens (tertiary/aromatic N) is 3. The molecule has 0 bridgehead atoms. The van der Waals surface area contributed by atoms with Gasteiger partial charge in [-0.15, -0.1) is 22.7 Å². The monoisotopic (exact) mass is 433 g/mol. The summed E-state index contributed by atoms with van der Waals surface area (Å²) in [4.78, 5) is 35.9. The van der Waals surface area contributed by atoms with E-state index in [2.05, 4.69) is 23.7 Å². The third-order valence-corrected chi connectivity index (χ3v) is 7.23. The molecule has 0 saturated carbocycles. The van der Waals surface area contributed by atoms with Crippen molar-refractivity contribution in [2.24, 2.45) is 0 Å². The molecule has 8 heteroatoms. The molecule has 156 valence electrons. The minimum atomic E-state index is -0.548. The standard InChI is InChI=1S/C21H27N3O3S2/c1-5-23(6-2)10-8-11-24-17(15-9-7-12-28-15)16(19(26)21(24)27)18(25)20-13(3)22-14(4)29-20/h7,9,12,17,26H,5-6,8,10-11H2,1-4H3. The minimum absolute atomic E-state index is 0.173. The number of carbonyl (C=O) groups is 2. The largest absolute Gasteiger partial charge is 0.503 e. The van der Waals surface area contributed by atoms with Gasteiger partial charge in [-0.1, -0.05) is 19.9 Å². The summed E-state index contributed by atoms with van der Waals surface area (Å²) in [6.07, 6.45) is 0.780. The normalized spacial score (nSPS) is 17.1. The van der Waals surface area contributed by atoms with Gasteiger partial charge in [0.25, 0.3) is 5.91 Å². The Morgan fingerprint density at radius 2 is 2.03 bits per heavy atom. The Kier molecular flexibility index (Phi) is 6.87. The molecule has 0 radical (unpaired) electrons. The topological polar surface area (TPSA) is 73.7 Å². The number of aliphatic hydroxyl groups excluding tert-OH is 1. The molecule has 6 nitrogen and oxygen atoms in total. The Hall–Kier alpha value is -2.03. The fourth-order valence-electron chi connectivity index (χ4n) is 3.73. The van der Waals surface area contributed by atoms with Crippen molar-refractivity contribution in [3.05, 3.63) is 49.3 Å². The van der Waals surface area contributed by atoms with Crippen molar-refractivity contribution in [1.29, 1.82) is 0 Å². The molecule has 3 heterocycles. The van der Waals surface area contributed by atoms with Gasteiger partial charge >= 0.3 is 0 Å². The highest BCUT2D eigenvalue weighted by Crippen LogP contribution is 2.41. The third kappa shape index (κ3) is 4.29. The smallest absolute Gasteiger partial charge is 0.290 e. The lowest BCUT2D eigenvalue weighted by Gasteiger charge is -2.27. The first-order valence-corrected chi connectivity index (χ1v) is 11.6. The molecule has 1 amide bonds. The summed E-state index contributed by atoms with van der Waals surface area (Å²) in [6, 6.07) is 3.27. The van der Waals surface area contributed by atoms with E-state index in [-0.39, 0.29) is 11.4 Å². The number of carbonyl (C=O) groups excluding carboxylic acids is 2. The Balaban J connectivity index is 1.91. The van der Waals surface area contributed by atoms with Gasteiger partial charge in [0, 0.05) is 11.4 Å². The molecule has 29 heavy (non-hydrogen) atoms. The van der Waals surface area contributed by atoms with Crippen molar-refractivity contribution < 1.29 is 14.7 Å². The zero-order valence-corrected chi connectivity index (χ0v) is 18.9. The lowest BCUT2D eigenvalue weighted by atomic mass is 10.00. The molecule has 1 aliphatic rings. The van der Waals surface area contributed by atoms with E-state index in [1.54, 1.807) is 11.8 Å². The number of aliphatic hydroxyl groups is 1. The molecule has 3 rings (SSSR count). The SMILES string of the molecule is CCN(CC)CCCN1C(=O)C(O)=C(C(=O)c2sc(C)nc2C)C1c1cccs1. The molecule has 0 aromatic carbocycles. The fourth-order valence-corrected chi connectivity index (χ4v) is 5.45. The van der Waals surface area contributed by atoms with Crippen LogP contribution >= 0.6 is 22.7 Å². The summed E-state index contributed by atoms with van der Waals surface area (Å²) in [5.74, 6) is -1.20. The maximum Gasteiger partial charge on any atom is 0.290 e. The van der Waals surface area contributed by atoms with E-state index >= 15 is 0 Å². The van der Waals surface area contributed by atoms with Crippen molar-refractivity contribution in [1.82, 2.24) is 14.8 Å². The van der Waals surface area contributed by atoms with Gasteiger partial charge < -0.3 is 14.9 Å². The Bertz CT molecular complexity index is 914. The van der Waals surface area contributed by atoms with Crippen LogP contribution in [0.15, 0.2) is 28.8 Å². The predicted molar refractivity (Wildman–Crippen MR) is 117 cm³/mol. The number of hydrogen-bond donors (Lipinski definition) is 1. The van der Waals surface area contributed by atoms with Gasteiger partial charge in [-0.25, -0.2) is 4.98 Å². The van der Waals surface area contributed by atoms with E-state index in [0.29, 0.717) is 17.1 Å². The lowest BCUT2D eigenvalue weighted by Crippen LogP contribution is -2.34. The summed E-state index contributed by atoms with van der Waals surface area (Å²) >= 11 is 2.79. The average Bonchev–Trinajstić information content (AvgIpc) is 3.39. The van der Waals surface area contributed by atoms with Crippen molar-refractivity contribution >= 4 is 34.4 Å². The van der Waals surface area contributed by atoms with Crippen LogP contribution in [0, 0.1) is 13.8 Å². The van der Waals surface area contributed by atoms with Crippen LogP contribution in [0.2, 0.25) is 0 Å². The van der Waals surface area contributed by atoms with E-state index in [1.165, 1.54) is 22.7 Å². The quantitative estimate of drug-likeness (QED) is 0.602. The summed E-state index contributed by atoms with van der Waals surface area (Å²) in [6.45, 7) is 11.1. The van der Waals surface area contributed by atoms with Crippen LogP contribution < -0.4 is 0 Å². The number of thiazole rings is 1. The number of thiophene rings is 1. The number of Topliss-reactive ketones (excluding diaryl/α,β-unsaturated/α-hetero) is 1.